The summed E-state index contributed by atoms with van der Waals surface area (Å²) < 4.78 is 0. The van der Waals surface area contributed by atoms with Gasteiger partial charge in [0.2, 0.25) is 11.8 Å². The predicted molar refractivity (Wildman–Crippen MR) is 133 cm³/mol. The van der Waals surface area contributed by atoms with E-state index in [4.69, 9.17) is 0 Å². The number of hydrogen-bond donors (Lipinski definition) is 2. The van der Waals surface area contributed by atoms with E-state index in [9.17, 15) is 14.4 Å². The molecule has 2 fully saturated rings. The van der Waals surface area contributed by atoms with Crippen LogP contribution < -0.4 is 10.6 Å². The molecule has 2 rings (SSSR count). The largest absolute Gasteiger partial charge is 0.337 e. The maximum atomic E-state index is 13.3. The van der Waals surface area contributed by atoms with Gasteiger partial charge in [-0.25, -0.2) is 4.79 Å². The third kappa shape index (κ3) is 8.82. The van der Waals surface area contributed by atoms with Crippen molar-refractivity contribution in [2.45, 2.75) is 112 Å². The average molecular weight is 465 g/mol. The minimum absolute atomic E-state index is 0.0113. The smallest absolute Gasteiger partial charge is 0.315 e. The lowest BCUT2D eigenvalue weighted by Gasteiger charge is -2.42. The molecule has 0 aromatic carbocycles. The van der Waals surface area contributed by atoms with Gasteiger partial charge in [0, 0.05) is 38.1 Å². The number of nitrogens with zero attached hydrogens (tertiary/aromatic N) is 2. The maximum absolute atomic E-state index is 13.3. The van der Waals surface area contributed by atoms with Gasteiger partial charge < -0.3 is 20.4 Å². The number of amides is 4. The van der Waals surface area contributed by atoms with Crippen LogP contribution in [0.2, 0.25) is 0 Å². The van der Waals surface area contributed by atoms with Crippen molar-refractivity contribution in [1.82, 2.24) is 20.4 Å². The summed E-state index contributed by atoms with van der Waals surface area (Å²) in [5.74, 6) is 0.449. The van der Waals surface area contributed by atoms with E-state index in [0.717, 1.165) is 32.1 Å². The number of hydrogen-bond acceptors (Lipinski definition) is 3. The fourth-order valence-corrected chi connectivity index (χ4v) is 5.39. The zero-order valence-electron chi connectivity index (χ0n) is 22.1. The molecule has 2 N–H and O–H groups in total. The van der Waals surface area contributed by atoms with Gasteiger partial charge in [0.25, 0.3) is 0 Å². The second-order valence-electron chi connectivity index (χ2n) is 12.0. The summed E-state index contributed by atoms with van der Waals surface area (Å²) in [5, 5.41) is 5.99. The first-order valence-electron chi connectivity index (χ1n) is 13.0. The SMILES string of the molecule is CC(CC(=O)N1CCN(C(=O)C(NC(=O)NC2CCCCC2)C(C)C)CC1C)CC(C)(C)C. The van der Waals surface area contributed by atoms with Gasteiger partial charge in [-0.2, -0.15) is 0 Å². The molecule has 7 heteroatoms. The Morgan fingerprint density at radius 2 is 1.64 bits per heavy atom. The van der Waals surface area contributed by atoms with Crippen LogP contribution in [-0.2, 0) is 9.59 Å². The van der Waals surface area contributed by atoms with Crippen LogP contribution in [0.25, 0.3) is 0 Å². The van der Waals surface area contributed by atoms with Gasteiger partial charge in [-0.05, 0) is 43.4 Å². The first-order chi connectivity index (χ1) is 15.4. The number of urea groups is 1. The first kappa shape index (κ1) is 27.5. The van der Waals surface area contributed by atoms with Crippen LogP contribution in [-0.4, -0.2) is 65.4 Å². The van der Waals surface area contributed by atoms with Crippen LogP contribution in [0.5, 0.6) is 0 Å². The van der Waals surface area contributed by atoms with E-state index in [1.54, 1.807) is 0 Å². The fraction of sp³-hybridized carbons (Fsp3) is 0.885. The van der Waals surface area contributed by atoms with E-state index in [1.807, 2.05) is 30.6 Å². The molecular weight excluding hydrogens is 416 g/mol. The summed E-state index contributed by atoms with van der Waals surface area (Å²) in [5.41, 5.74) is 0.207. The lowest BCUT2D eigenvalue weighted by molar-refractivity contribution is -0.144. The summed E-state index contributed by atoms with van der Waals surface area (Å²) in [6.07, 6.45) is 7.10. The van der Waals surface area contributed by atoms with Gasteiger partial charge in [-0.1, -0.05) is 60.8 Å². The lowest BCUT2D eigenvalue weighted by atomic mass is 9.84. The molecule has 33 heavy (non-hydrogen) atoms. The van der Waals surface area contributed by atoms with Gasteiger partial charge in [0.15, 0.2) is 0 Å². The molecule has 1 heterocycles. The van der Waals surface area contributed by atoms with Crippen molar-refractivity contribution in [3.05, 3.63) is 0 Å². The minimum atomic E-state index is -0.560. The zero-order valence-corrected chi connectivity index (χ0v) is 22.1. The maximum Gasteiger partial charge on any atom is 0.315 e. The van der Waals surface area contributed by atoms with Crippen LogP contribution in [0.15, 0.2) is 0 Å². The average Bonchev–Trinajstić information content (AvgIpc) is 2.70. The fourth-order valence-electron chi connectivity index (χ4n) is 5.39. The van der Waals surface area contributed by atoms with Crippen molar-refractivity contribution in [2.75, 3.05) is 19.6 Å². The zero-order chi connectivity index (χ0) is 24.8. The summed E-state index contributed by atoms with van der Waals surface area (Å²) in [6, 6.07) is -0.628. The molecule has 1 aliphatic carbocycles. The predicted octanol–water partition coefficient (Wildman–Crippen LogP) is 4.16. The molecule has 1 saturated heterocycles. The van der Waals surface area contributed by atoms with Crippen LogP contribution >= 0.6 is 0 Å². The third-order valence-corrected chi connectivity index (χ3v) is 6.90. The number of piperazine rings is 1. The Morgan fingerprint density at radius 3 is 2.18 bits per heavy atom. The van der Waals surface area contributed by atoms with Gasteiger partial charge in [0.05, 0.1) is 0 Å². The first-order valence-corrected chi connectivity index (χ1v) is 13.0. The summed E-state index contributed by atoms with van der Waals surface area (Å²) in [4.78, 5) is 42.5. The molecule has 0 radical (unpaired) electrons. The molecule has 3 unspecified atom stereocenters. The Morgan fingerprint density at radius 1 is 1.00 bits per heavy atom. The van der Waals surface area contributed by atoms with E-state index in [0.29, 0.717) is 32.0 Å². The van der Waals surface area contributed by atoms with Crippen molar-refractivity contribution in [2.24, 2.45) is 17.3 Å². The van der Waals surface area contributed by atoms with E-state index >= 15 is 0 Å². The molecule has 0 bridgehead atoms. The second kappa shape index (κ2) is 12.1. The Labute approximate surface area is 201 Å². The highest BCUT2D eigenvalue weighted by atomic mass is 16.2. The molecule has 3 atom stereocenters. The minimum Gasteiger partial charge on any atom is -0.337 e. The lowest BCUT2D eigenvalue weighted by Crippen LogP contribution is -2.61. The molecule has 0 spiro atoms. The molecule has 1 aliphatic heterocycles. The van der Waals surface area contributed by atoms with Gasteiger partial charge in [0.1, 0.15) is 6.04 Å². The van der Waals surface area contributed by atoms with Crippen LogP contribution in [0.1, 0.15) is 93.4 Å². The molecule has 1 saturated carbocycles. The number of carbonyl (C=O) groups is 3. The highest BCUT2D eigenvalue weighted by molar-refractivity contribution is 5.87. The molecule has 0 aromatic rings. The second-order valence-corrected chi connectivity index (χ2v) is 12.0. The van der Waals surface area contributed by atoms with Gasteiger partial charge in [-0.3, -0.25) is 9.59 Å². The van der Waals surface area contributed by atoms with Crippen molar-refractivity contribution < 1.29 is 14.4 Å². The summed E-state index contributed by atoms with van der Waals surface area (Å²) >= 11 is 0. The Kier molecular flexibility index (Phi) is 10.0. The Balaban J connectivity index is 1.89. The van der Waals surface area contributed by atoms with Crippen molar-refractivity contribution in [1.29, 1.82) is 0 Å². The normalized spacial score (nSPS) is 22.1. The van der Waals surface area contributed by atoms with Crippen LogP contribution in [0.3, 0.4) is 0 Å². The number of rotatable bonds is 7. The highest BCUT2D eigenvalue weighted by Crippen LogP contribution is 2.27. The Bertz CT molecular complexity index is 667. The Hall–Kier alpha value is -1.79. The van der Waals surface area contributed by atoms with Crippen LogP contribution in [0, 0.1) is 17.3 Å². The molecule has 4 amide bonds. The highest BCUT2D eigenvalue weighted by Gasteiger charge is 2.35. The quantitative estimate of drug-likeness (QED) is 0.593. The molecule has 7 nitrogen and oxygen atoms in total. The molecule has 2 aliphatic rings. The van der Waals surface area contributed by atoms with E-state index < -0.39 is 6.04 Å². The van der Waals surface area contributed by atoms with Crippen LogP contribution in [0.4, 0.5) is 4.79 Å². The molecule has 190 valence electrons. The van der Waals surface area contributed by atoms with E-state index in [2.05, 4.69) is 38.3 Å². The topological polar surface area (TPSA) is 81.8 Å². The van der Waals surface area contributed by atoms with E-state index in [-0.39, 0.29) is 41.3 Å². The van der Waals surface area contributed by atoms with Crippen molar-refractivity contribution in [3.8, 4) is 0 Å². The summed E-state index contributed by atoms with van der Waals surface area (Å²) in [6.45, 7) is 16.3. The van der Waals surface area contributed by atoms with Crippen molar-refractivity contribution >= 4 is 17.8 Å². The standard InChI is InChI=1S/C26H48N4O3/c1-18(2)23(28-25(33)27-21-11-9-8-10-12-21)24(32)29-13-14-30(20(4)17-29)22(31)15-19(3)16-26(5,6)7/h18-21,23H,8-17H2,1-7H3,(H2,27,28,33). The molecular formula is C26H48N4O3. The number of carbonyl (C=O) groups excluding carboxylic acids is 3. The van der Waals surface area contributed by atoms with E-state index in [1.165, 1.54) is 6.42 Å². The van der Waals surface area contributed by atoms with Gasteiger partial charge >= 0.3 is 6.03 Å². The summed E-state index contributed by atoms with van der Waals surface area (Å²) in [7, 11) is 0. The number of nitrogens with one attached hydrogen (secondary N) is 2. The monoisotopic (exact) mass is 464 g/mol. The third-order valence-electron chi connectivity index (χ3n) is 6.90. The molecule has 0 aromatic heterocycles. The van der Waals surface area contributed by atoms with Gasteiger partial charge in [-0.15, -0.1) is 0 Å². The van der Waals surface area contributed by atoms with Crippen molar-refractivity contribution in [3.63, 3.8) is 0 Å².